The van der Waals surface area contributed by atoms with E-state index in [0.29, 0.717) is 19.6 Å². The number of likely N-dealkylation sites (N-methyl/N-ethyl adjacent to an activating group) is 1. The van der Waals surface area contributed by atoms with E-state index < -0.39 is 12.7 Å². The lowest BCUT2D eigenvalue weighted by Gasteiger charge is -2.40. The summed E-state index contributed by atoms with van der Waals surface area (Å²) in [5, 5.41) is 2.86. The minimum Gasteiger partial charge on any atom is -0.336 e. The molecule has 8 heteroatoms. The fraction of sp³-hybridized carbons (Fsp3) is 0.929. The number of hydrogen-bond acceptors (Lipinski definition) is 3. The first kappa shape index (κ1) is 19.0. The number of carbonyl (C=O) groups excluding carboxylic acids is 1. The van der Waals surface area contributed by atoms with Crippen LogP contribution < -0.4 is 5.32 Å². The van der Waals surface area contributed by atoms with E-state index in [-0.39, 0.29) is 24.2 Å². The summed E-state index contributed by atoms with van der Waals surface area (Å²) >= 11 is 0. The second-order valence-electron chi connectivity index (χ2n) is 6.75. The number of halogens is 3. The Balaban J connectivity index is 2.47. The number of piperazine rings is 1. The molecule has 1 heterocycles. The second-order valence-corrected chi connectivity index (χ2v) is 6.75. The van der Waals surface area contributed by atoms with Crippen LogP contribution in [0, 0.1) is 0 Å². The van der Waals surface area contributed by atoms with Gasteiger partial charge >= 0.3 is 12.2 Å². The van der Waals surface area contributed by atoms with Gasteiger partial charge in [-0.05, 0) is 34.9 Å². The molecule has 2 amide bonds. The average Bonchev–Trinajstić information content (AvgIpc) is 2.36. The van der Waals surface area contributed by atoms with E-state index in [1.807, 2.05) is 32.8 Å². The lowest BCUT2D eigenvalue weighted by Crippen LogP contribution is -2.58. The lowest BCUT2D eigenvalue weighted by molar-refractivity contribution is -0.153. The molecule has 1 N–H and O–H groups in total. The molecule has 0 spiro atoms. The molecule has 0 radical (unpaired) electrons. The summed E-state index contributed by atoms with van der Waals surface area (Å²) in [6.07, 6.45) is -4.20. The lowest BCUT2D eigenvalue weighted by atomic mass is 10.0. The van der Waals surface area contributed by atoms with E-state index in [1.54, 1.807) is 11.8 Å². The fourth-order valence-electron chi connectivity index (χ4n) is 2.21. The smallest absolute Gasteiger partial charge is 0.336 e. The Labute approximate surface area is 130 Å². The summed E-state index contributed by atoms with van der Waals surface area (Å²) < 4.78 is 37.4. The first-order chi connectivity index (χ1) is 9.92. The Kier molecular flexibility index (Phi) is 6.09. The number of nitrogens with one attached hydrogen (secondary N) is 1. The zero-order valence-electron chi connectivity index (χ0n) is 14.0. The number of nitrogens with zero attached hydrogens (tertiary/aromatic N) is 3. The maximum atomic E-state index is 12.5. The molecule has 1 atom stereocenters. The minimum absolute atomic E-state index is 0.181. The highest BCUT2D eigenvalue weighted by Gasteiger charge is 2.36. The van der Waals surface area contributed by atoms with Crippen LogP contribution in [0.25, 0.3) is 0 Å². The van der Waals surface area contributed by atoms with Gasteiger partial charge in [0, 0.05) is 37.8 Å². The van der Waals surface area contributed by atoms with Gasteiger partial charge in [-0.3, -0.25) is 4.90 Å². The van der Waals surface area contributed by atoms with Crippen molar-refractivity contribution in [3.05, 3.63) is 0 Å². The van der Waals surface area contributed by atoms with Crippen LogP contribution in [0.4, 0.5) is 18.0 Å². The Morgan fingerprint density at radius 3 is 2.32 bits per heavy atom. The number of carbonyl (C=O) groups is 1. The largest absolute Gasteiger partial charge is 0.401 e. The molecule has 0 aromatic heterocycles. The van der Waals surface area contributed by atoms with E-state index in [2.05, 4.69) is 5.32 Å². The van der Waals surface area contributed by atoms with Crippen LogP contribution in [0.15, 0.2) is 0 Å². The van der Waals surface area contributed by atoms with Crippen LogP contribution >= 0.6 is 0 Å². The van der Waals surface area contributed by atoms with E-state index >= 15 is 0 Å². The third-order valence-corrected chi connectivity index (χ3v) is 4.32. The van der Waals surface area contributed by atoms with Crippen molar-refractivity contribution in [1.82, 2.24) is 20.0 Å². The highest BCUT2D eigenvalue weighted by atomic mass is 19.4. The molecule has 0 aliphatic carbocycles. The van der Waals surface area contributed by atoms with Crippen molar-refractivity contribution < 1.29 is 18.0 Å². The Hall–Kier alpha value is -1.02. The summed E-state index contributed by atoms with van der Waals surface area (Å²) in [5.41, 5.74) is -0.181. The van der Waals surface area contributed by atoms with Gasteiger partial charge in [-0.2, -0.15) is 13.2 Å². The molecule has 1 rings (SSSR count). The van der Waals surface area contributed by atoms with E-state index in [9.17, 15) is 18.0 Å². The molecule has 1 aliphatic heterocycles. The number of urea groups is 1. The predicted molar refractivity (Wildman–Crippen MR) is 79.8 cm³/mol. The SMILES string of the molecule is CC1CN(C(=O)NCC(C)(C)N(C)C)CCN1CC(F)(F)F. The summed E-state index contributed by atoms with van der Waals surface area (Å²) in [6, 6.07) is -0.517. The molecule has 0 bridgehead atoms. The van der Waals surface area contributed by atoms with Crippen molar-refractivity contribution in [3.8, 4) is 0 Å². The first-order valence-corrected chi connectivity index (χ1v) is 7.43. The molecule has 0 aromatic rings. The van der Waals surface area contributed by atoms with E-state index in [4.69, 9.17) is 0 Å². The van der Waals surface area contributed by atoms with Crippen LogP contribution in [0.1, 0.15) is 20.8 Å². The van der Waals surface area contributed by atoms with Crippen LogP contribution in [-0.4, -0.2) is 85.3 Å². The third kappa shape index (κ3) is 5.64. The molecule has 1 aliphatic rings. The van der Waals surface area contributed by atoms with E-state index in [0.717, 1.165) is 0 Å². The van der Waals surface area contributed by atoms with Gasteiger partial charge in [0.05, 0.1) is 6.54 Å². The summed E-state index contributed by atoms with van der Waals surface area (Å²) in [5.74, 6) is 0. The zero-order chi connectivity index (χ0) is 17.1. The molecule has 130 valence electrons. The predicted octanol–water partition coefficient (Wildman–Crippen LogP) is 1.60. The van der Waals surface area contributed by atoms with Crippen molar-refractivity contribution in [3.63, 3.8) is 0 Å². The topological polar surface area (TPSA) is 38.8 Å². The monoisotopic (exact) mass is 324 g/mol. The fourth-order valence-corrected chi connectivity index (χ4v) is 2.21. The van der Waals surface area contributed by atoms with Crippen molar-refractivity contribution in [2.75, 3.05) is 46.8 Å². The van der Waals surface area contributed by atoms with Crippen LogP contribution in [0.3, 0.4) is 0 Å². The van der Waals surface area contributed by atoms with Gasteiger partial charge in [0.2, 0.25) is 0 Å². The van der Waals surface area contributed by atoms with Gasteiger partial charge in [-0.15, -0.1) is 0 Å². The van der Waals surface area contributed by atoms with Crippen molar-refractivity contribution in [1.29, 1.82) is 0 Å². The summed E-state index contributed by atoms with van der Waals surface area (Å²) in [4.78, 5) is 17.1. The Bertz CT molecular complexity index is 385. The van der Waals surface area contributed by atoms with Gasteiger partial charge in [0.25, 0.3) is 0 Å². The molecule has 22 heavy (non-hydrogen) atoms. The highest BCUT2D eigenvalue weighted by molar-refractivity contribution is 5.74. The maximum Gasteiger partial charge on any atom is 0.401 e. The number of hydrogen-bond donors (Lipinski definition) is 1. The van der Waals surface area contributed by atoms with Crippen molar-refractivity contribution >= 4 is 6.03 Å². The number of amides is 2. The molecule has 1 saturated heterocycles. The van der Waals surface area contributed by atoms with Crippen molar-refractivity contribution in [2.45, 2.75) is 38.5 Å². The Morgan fingerprint density at radius 1 is 1.27 bits per heavy atom. The van der Waals surface area contributed by atoms with E-state index in [1.165, 1.54) is 4.90 Å². The second kappa shape index (κ2) is 7.04. The number of rotatable bonds is 4. The standard InChI is InChI=1S/C14H27F3N4O/c1-11-8-20(6-7-21(11)10-14(15,16)17)12(22)18-9-13(2,3)19(4)5/h11H,6-10H2,1-5H3,(H,18,22). The molecule has 0 saturated carbocycles. The normalized spacial score (nSPS) is 21.3. The zero-order valence-corrected chi connectivity index (χ0v) is 14.0. The van der Waals surface area contributed by atoms with Gasteiger partial charge in [0.1, 0.15) is 0 Å². The molecule has 0 aromatic carbocycles. The molecular formula is C14H27F3N4O. The highest BCUT2D eigenvalue weighted by Crippen LogP contribution is 2.20. The third-order valence-electron chi connectivity index (χ3n) is 4.32. The van der Waals surface area contributed by atoms with Gasteiger partial charge in [-0.25, -0.2) is 4.79 Å². The summed E-state index contributed by atoms with van der Waals surface area (Å²) in [7, 11) is 3.87. The van der Waals surface area contributed by atoms with Crippen molar-refractivity contribution in [2.24, 2.45) is 0 Å². The molecular weight excluding hydrogens is 297 g/mol. The average molecular weight is 324 g/mol. The minimum atomic E-state index is -4.20. The molecule has 5 nitrogen and oxygen atoms in total. The van der Waals surface area contributed by atoms with Gasteiger partial charge in [0.15, 0.2) is 0 Å². The van der Waals surface area contributed by atoms with Gasteiger partial charge < -0.3 is 15.1 Å². The first-order valence-electron chi connectivity index (χ1n) is 7.43. The number of alkyl halides is 3. The van der Waals surface area contributed by atoms with Crippen LogP contribution in [0.2, 0.25) is 0 Å². The van der Waals surface area contributed by atoms with Gasteiger partial charge in [-0.1, -0.05) is 0 Å². The summed E-state index contributed by atoms with van der Waals surface area (Å²) in [6.45, 7) is 6.17. The maximum absolute atomic E-state index is 12.5. The Morgan fingerprint density at radius 2 is 1.86 bits per heavy atom. The molecule has 1 unspecified atom stereocenters. The molecule has 1 fully saturated rings. The quantitative estimate of drug-likeness (QED) is 0.854. The van der Waals surface area contributed by atoms with Crippen LogP contribution in [-0.2, 0) is 0 Å². The van der Waals surface area contributed by atoms with Crippen LogP contribution in [0.5, 0.6) is 0 Å².